The van der Waals surface area contributed by atoms with Crippen LogP contribution in [0.1, 0.15) is 50.2 Å². The standard InChI is InChI=1S/C22H31N2/c1-4-5-6-7-8-17-24-18-15-21(16-19-24)10-9-20-11-13-22(14-12-20)23(2)3/h9-16,18-19H,4-8,17H2,1-3H3/q+1. The first-order valence-electron chi connectivity index (χ1n) is 9.13. The van der Waals surface area contributed by atoms with Crippen molar-refractivity contribution in [3.8, 4) is 0 Å². The smallest absolute Gasteiger partial charge is 0.169 e. The van der Waals surface area contributed by atoms with Gasteiger partial charge in [0.05, 0.1) is 0 Å². The van der Waals surface area contributed by atoms with E-state index >= 15 is 0 Å². The highest BCUT2D eigenvalue weighted by molar-refractivity contribution is 5.70. The second kappa shape index (κ2) is 9.92. The van der Waals surface area contributed by atoms with E-state index in [4.69, 9.17) is 0 Å². The lowest BCUT2D eigenvalue weighted by molar-refractivity contribution is -0.697. The van der Waals surface area contributed by atoms with Gasteiger partial charge in [0.2, 0.25) is 0 Å². The van der Waals surface area contributed by atoms with E-state index in [1.54, 1.807) is 0 Å². The van der Waals surface area contributed by atoms with E-state index in [0.29, 0.717) is 0 Å². The lowest BCUT2D eigenvalue weighted by atomic mass is 10.1. The molecule has 0 aliphatic rings. The largest absolute Gasteiger partial charge is 0.378 e. The Morgan fingerprint density at radius 3 is 1.96 bits per heavy atom. The van der Waals surface area contributed by atoms with Crippen molar-refractivity contribution in [2.45, 2.75) is 45.6 Å². The third kappa shape index (κ3) is 6.19. The first-order chi connectivity index (χ1) is 11.7. The summed E-state index contributed by atoms with van der Waals surface area (Å²) in [6, 6.07) is 13.0. The van der Waals surface area contributed by atoms with Crippen molar-refractivity contribution in [2.24, 2.45) is 0 Å². The summed E-state index contributed by atoms with van der Waals surface area (Å²) in [4.78, 5) is 2.12. The lowest BCUT2D eigenvalue weighted by Gasteiger charge is -2.11. The molecule has 0 amide bonds. The molecule has 0 N–H and O–H groups in total. The Labute approximate surface area is 147 Å². The van der Waals surface area contributed by atoms with Crippen LogP contribution in [0.5, 0.6) is 0 Å². The Hall–Kier alpha value is -2.09. The molecule has 1 aromatic heterocycles. The summed E-state index contributed by atoms with van der Waals surface area (Å²) in [6.45, 7) is 3.39. The van der Waals surface area contributed by atoms with Gasteiger partial charge in [0.1, 0.15) is 6.54 Å². The molecule has 0 fully saturated rings. The molecule has 0 atom stereocenters. The summed E-state index contributed by atoms with van der Waals surface area (Å²) in [6.07, 6.45) is 15.4. The molecule has 2 aromatic rings. The van der Waals surface area contributed by atoms with Crippen molar-refractivity contribution in [2.75, 3.05) is 19.0 Å². The fourth-order valence-corrected chi connectivity index (χ4v) is 2.70. The summed E-state index contributed by atoms with van der Waals surface area (Å²) in [7, 11) is 4.13. The summed E-state index contributed by atoms with van der Waals surface area (Å²) in [5.41, 5.74) is 3.70. The Kier molecular flexibility index (Phi) is 7.54. The highest BCUT2D eigenvalue weighted by Gasteiger charge is 2.00. The van der Waals surface area contributed by atoms with Gasteiger partial charge in [-0.1, -0.05) is 50.5 Å². The third-order valence-corrected chi connectivity index (χ3v) is 4.31. The molecule has 0 spiro atoms. The number of unbranched alkanes of at least 4 members (excludes halogenated alkanes) is 4. The van der Waals surface area contributed by atoms with Crippen LogP contribution in [-0.4, -0.2) is 14.1 Å². The molecule has 2 nitrogen and oxygen atoms in total. The van der Waals surface area contributed by atoms with Crippen molar-refractivity contribution in [3.05, 3.63) is 59.9 Å². The predicted octanol–water partition coefficient (Wildman–Crippen LogP) is 5.18. The molecular weight excluding hydrogens is 292 g/mol. The Balaban J connectivity index is 1.84. The zero-order chi connectivity index (χ0) is 17.2. The predicted molar refractivity (Wildman–Crippen MR) is 105 cm³/mol. The van der Waals surface area contributed by atoms with Crippen molar-refractivity contribution < 1.29 is 4.57 Å². The summed E-state index contributed by atoms with van der Waals surface area (Å²) in [5, 5.41) is 0. The third-order valence-electron chi connectivity index (χ3n) is 4.31. The van der Waals surface area contributed by atoms with Gasteiger partial charge in [0.15, 0.2) is 12.4 Å². The van der Waals surface area contributed by atoms with Gasteiger partial charge < -0.3 is 4.90 Å². The zero-order valence-electron chi connectivity index (χ0n) is 15.4. The van der Waals surface area contributed by atoms with Gasteiger partial charge in [-0.3, -0.25) is 0 Å². The van der Waals surface area contributed by atoms with E-state index in [9.17, 15) is 0 Å². The van der Waals surface area contributed by atoms with Gasteiger partial charge in [-0.05, 0) is 29.7 Å². The van der Waals surface area contributed by atoms with Gasteiger partial charge in [-0.25, -0.2) is 4.57 Å². The van der Waals surface area contributed by atoms with E-state index in [0.717, 1.165) is 6.54 Å². The van der Waals surface area contributed by atoms with Gasteiger partial charge in [-0.15, -0.1) is 0 Å². The molecule has 0 saturated heterocycles. The van der Waals surface area contributed by atoms with Crippen molar-refractivity contribution >= 4 is 17.8 Å². The molecule has 1 aromatic carbocycles. The molecule has 0 radical (unpaired) electrons. The average Bonchev–Trinajstić information content (AvgIpc) is 2.61. The maximum absolute atomic E-state index is 2.29. The molecule has 128 valence electrons. The van der Waals surface area contributed by atoms with Crippen LogP contribution in [0.25, 0.3) is 12.2 Å². The molecule has 24 heavy (non-hydrogen) atoms. The monoisotopic (exact) mass is 323 g/mol. The van der Waals surface area contributed by atoms with Crippen LogP contribution in [0, 0.1) is 0 Å². The SMILES string of the molecule is CCCCCCC[n+]1ccc(C=Cc2ccc(N(C)C)cc2)cc1. The second-order valence-corrected chi connectivity index (χ2v) is 6.60. The molecule has 2 rings (SSSR count). The van der Waals surface area contributed by atoms with Crippen molar-refractivity contribution in [1.29, 1.82) is 0 Å². The maximum Gasteiger partial charge on any atom is 0.169 e. The van der Waals surface area contributed by atoms with Gasteiger partial charge in [0, 0.05) is 38.3 Å². The molecular formula is C22H31N2+. The van der Waals surface area contributed by atoms with E-state index in [1.807, 2.05) is 0 Å². The minimum atomic E-state index is 1.12. The Morgan fingerprint density at radius 2 is 1.38 bits per heavy atom. The number of hydrogen-bond acceptors (Lipinski definition) is 1. The van der Waals surface area contributed by atoms with Gasteiger partial charge in [0.25, 0.3) is 0 Å². The Bertz CT molecular complexity index is 609. The van der Waals surface area contributed by atoms with Crippen molar-refractivity contribution in [1.82, 2.24) is 0 Å². The van der Waals surface area contributed by atoms with E-state index in [2.05, 4.69) is 91.4 Å². The van der Waals surface area contributed by atoms with Gasteiger partial charge >= 0.3 is 0 Å². The molecule has 0 saturated carbocycles. The molecule has 0 aliphatic heterocycles. The number of aromatic nitrogens is 1. The quantitative estimate of drug-likeness (QED) is 0.455. The fraction of sp³-hybridized carbons (Fsp3) is 0.409. The number of anilines is 1. The summed E-state index contributed by atoms with van der Waals surface area (Å²) in [5.74, 6) is 0. The van der Waals surface area contributed by atoms with E-state index < -0.39 is 0 Å². The minimum absolute atomic E-state index is 1.12. The highest BCUT2D eigenvalue weighted by atomic mass is 15.1. The van der Waals surface area contributed by atoms with E-state index in [-0.39, 0.29) is 0 Å². The van der Waals surface area contributed by atoms with E-state index in [1.165, 1.54) is 48.9 Å². The fourth-order valence-electron chi connectivity index (χ4n) is 2.70. The van der Waals surface area contributed by atoms with Crippen LogP contribution in [0.15, 0.2) is 48.8 Å². The van der Waals surface area contributed by atoms with Crippen LogP contribution in [0.2, 0.25) is 0 Å². The average molecular weight is 324 g/mol. The number of nitrogens with zero attached hydrogens (tertiary/aromatic N) is 2. The topological polar surface area (TPSA) is 7.12 Å². The zero-order valence-corrected chi connectivity index (χ0v) is 15.4. The number of aryl methyl sites for hydroxylation is 1. The van der Waals surface area contributed by atoms with Crippen molar-refractivity contribution in [3.63, 3.8) is 0 Å². The van der Waals surface area contributed by atoms with Gasteiger partial charge in [-0.2, -0.15) is 0 Å². The van der Waals surface area contributed by atoms with Crippen LogP contribution >= 0.6 is 0 Å². The molecule has 0 bridgehead atoms. The van der Waals surface area contributed by atoms with Crippen LogP contribution < -0.4 is 9.47 Å². The molecule has 0 aliphatic carbocycles. The first kappa shape index (κ1) is 18.3. The molecule has 1 heterocycles. The van der Waals surface area contributed by atoms with Crippen LogP contribution in [0.3, 0.4) is 0 Å². The number of pyridine rings is 1. The summed E-state index contributed by atoms with van der Waals surface area (Å²) < 4.78 is 2.29. The van der Waals surface area contributed by atoms with Crippen LogP contribution in [0.4, 0.5) is 5.69 Å². The first-order valence-corrected chi connectivity index (χ1v) is 9.13. The number of hydrogen-bond donors (Lipinski definition) is 0. The Morgan fingerprint density at radius 1 is 0.792 bits per heavy atom. The molecule has 2 heteroatoms. The number of benzene rings is 1. The minimum Gasteiger partial charge on any atom is -0.378 e. The normalized spacial score (nSPS) is 11.1. The highest BCUT2D eigenvalue weighted by Crippen LogP contribution is 2.14. The summed E-state index contributed by atoms with van der Waals surface area (Å²) >= 11 is 0. The second-order valence-electron chi connectivity index (χ2n) is 6.60. The van der Waals surface area contributed by atoms with Crippen LogP contribution in [-0.2, 0) is 6.54 Å². The maximum atomic E-state index is 2.29. The molecule has 0 unspecified atom stereocenters. The number of rotatable bonds is 9. The lowest BCUT2D eigenvalue weighted by Crippen LogP contribution is -2.32.